The van der Waals surface area contributed by atoms with Crippen LogP contribution >= 0.6 is 11.3 Å². The number of nitro benzene ring substituents is 1. The Kier molecular flexibility index (Phi) is 4.75. The first kappa shape index (κ1) is 18.3. The third kappa shape index (κ3) is 3.82. The number of thiazole rings is 1. The molecule has 2 aromatic carbocycles. The molecule has 0 saturated carbocycles. The molecule has 0 aliphatic rings. The summed E-state index contributed by atoms with van der Waals surface area (Å²) >= 11 is 1.17. The van der Waals surface area contributed by atoms with Gasteiger partial charge in [-0.2, -0.15) is 5.10 Å². The Bertz CT molecular complexity index is 1310. The van der Waals surface area contributed by atoms with Gasteiger partial charge in [-0.25, -0.2) is 9.78 Å². The van der Waals surface area contributed by atoms with Gasteiger partial charge < -0.3 is 9.52 Å². The molecule has 0 aliphatic heterocycles. The number of nitro groups is 1. The van der Waals surface area contributed by atoms with Crippen LogP contribution in [0.15, 0.2) is 69.0 Å². The lowest BCUT2D eigenvalue weighted by atomic mass is 10.1. The number of hydrogen-bond acceptors (Lipinski definition) is 9. The molecule has 0 bridgehead atoms. The molecule has 2 heterocycles. The third-order valence-electron chi connectivity index (χ3n) is 4.00. The number of aromatic hydroxyl groups is 1. The van der Waals surface area contributed by atoms with E-state index in [0.29, 0.717) is 21.0 Å². The SMILES string of the molecule is O=c1oc2ccc([N+](=O)[O-])cc2cc1-c1cnc(N/N=C/c2ccccc2O)s1. The van der Waals surface area contributed by atoms with Crippen molar-refractivity contribution in [3.05, 3.63) is 80.8 Å². The maximum Gasteiger partial charge on any atom is 0.345 e. The molecular formula is C19H12N4O5S. The van der Waals surface area contributed by atoms with Crippen LogP contribution in [0.4, 0.5) is 10.8 Å². The van der Waals surface area contributed by atoms with Crippen LogP contribution in [0, 0.1) is 10.1 Å². The van der Waals surface area contributed by atoms with Crippen molar-refractivity contribution in [1.29, 1.82) is 0 Å². The number of nitrogens with one attached hydrogen (secondary N) is 1. The fourth-order valence-corrected chi connectivity index (χ4v) is 3.37. The Morgan fingerprint density at radius 3 is 2.86 bits per heavy atom. The summed E-state index contributed by atoms with van der Waals surface area (Å²) in [5, 5.41) is 25.6. The van der Waals surface area contributed by atoms with Gasteiger partial charge in [-0.3, -0.25) is 15.5 Å². The van der Waals surface area contributed by atoms with Crippen molar-refractivity contribution in [3.63, 3.8) is 0 Å². The highest BCUT2D eigenvalue weighted by Crippen LogP contribution is 2.30. The molecule has 29 heavy (non-hydrogen) atoms. The number of fused-ring (bicyclic) bond motifs is 1. The molecule has 0 atom stereocenters. The molecule has 10 heteroatoms. The predicted molar refractivity (Wildman–Crippen MR) is 110 cm³/mol. The molecule has 9 nitrogen and oxygen atoms in total. The van der Waals surface area contributed by atoms with Crippen LogP contribution in [0.2, 0.25) is 0 Å². The van der Waals surface area contributed by atoms with Crippen LogP contribution in [-0.2, 0) is 0 Å². The van der Waals surface area contributed by atoms with Crippen LogP contribution in [0.3, 0.4) is 0 Å². The van der Waals surface area contributed by atoms with E-state index in [1.165, 1.54) is 48.0 Å². The van der Waals surface area contributed by atoms with E-state index >= 15 is 0 Å². The van der Waals surface area contributed by atoms with Gasteiger partial charge in [0.05, 0.1) is 21.6 Å². The molecule has 0 unspecified atom stereocenters. The molecule has 0 fully saturated rings. The minimum absolute atomic E-state index is 0.0949. The number of nitrogens with zero attached hydrogens (tertiary/aromatic N) is 3. The number of phenols is 1. The minimum atomic E-state index is -0.570. The van der Waals surface area contributed by atoms with Gasteiger partial charge in [-0.15, -0.1) is 0 Å². The summed E-state index contributed by atoms with van der Waals surface area (Å²) in [6, 6.07) is 12.3. The normalized spacial score (nSPS) is 11.2. The maximum absolute atomic E-state index is 12.3. The smallest absolute Gasteiger partial charge is 0.345 e. The number of para-hydroxylation sites is 1. The molecule has 144 valence electrons. The van der Waals surface area contributed by atoms with Crippen molar-refractivity contribution in [1.82, 2.24) is 4.98 Å². The standard InChI is InChI=1S/C19H12N4O5S/c24-15-4-2-1-3-11(15)9-21-22-19-20-10-17(29-19)14-8-12-7-13(23(26)27)5-6-16(12)28-18(14)25/h1-10,24H,(H,20,22)/b21-9+. The monoisotopic (exact) mass is 408 g/mol. The van der Waals surface area contributed by atoms with E-state index in [1.54, 1.807) is 24.3 Å². The lowest BCUT2D eigenvalue weighted by molar-refractivity contribution is -0.384. The summed E-state index contributed by atoms with van der Waals surface area (Å²) in [5.41, 5.74) is 3.11. The van der Waals surface area contributed by atoms with Crippen LogP contribution in [-0.4, -0.2) is 21.2 Å². The summed E-state index contributed by atoms with van der Waals surface area (Å²) in [6.07, 6.45) is 2.93. The van der Waals surface area contributed by atoms with Gasteiger partial charge >= 0.3 is 5.63 Å². The van der Waals surface area contributed by atoms with Gasteiger partial charge in [0, 0.05) is 29.3 Å². The van der Waals surface area contributed by atoms with E-state index < -0.39 is 10.5 Å². The highest BCUT2D eigenvalue weighted by Gasteiger charge is 2.14. The molecular weight excluding hydrogens is 396 g/mol. The predicted octanol–water partition coefficient (Wildman–Crippen LogP) is 3.98. The fourth-order valence-electron chi connectivity index (χ4n) is 2.60. The van der Waals surface area contributed by atoms with E-state index in [9.17, 15) is 20.0 Å². The fraction of sp³-hybridized carbons (Fsp3) is 0. The van der Waals surface area contributed by atoms with Crippen molar-refractivity contribution in [2.45, 2.75) is 0 Å². The summed E-state index contributed by atoms with van der Waals surface area (Å²) < 4.78 is 5.27. The van der Waals surface area contributed by atoms with E-state index in [0.717, 1.165) is 0 Å². The van der Waals surface area contributed by atoms with Crippen LogP contribution in [0.1, 0.15) is 5.56 Å². The average molecular weight is 408 g/mol. The Balaban J connectivity index is 1.61. The molecule has 0 saturated heterocycles. The minimum Gasteiger partial charge on any atom is -0.507 e. The molecule has 0 radical (unpaired) electrons. The Morgan fingerprint density at radius 1 is 1.24 bits per heavy atom. The number of hydrogen-bond donors (Lipinski definition) is 2. The highest BCUT2D eigenvalue weighted by atomic mass is 32.1. The number of aromatic nitrogens is 1. The van der Waals surface area contributed by atoms with Crippen molar-refractivity contribution < 1.29 is 14.4 Å². The van der Waals surface area contributed by atoms with Gasteiger partial charge in [0.1, 0.15) is 11.3 Å². The number of anilines is 1. The van der Waals surface area contributed by atoms with Gasteiger partial charge in [0.2, 0.25) is 5.13 Å². The van der Waals surface area contributed by atoms with Gasteiger partial charge in [0.25, 0.3) is 5.69 Å². The molecule has 0 spiro atoms. The van der Waals surface area contributed by atoms with E-state index in [4.69, 9.17) is 4.42 Å². The molecule has 2 aromatic heterocycles. The van der Waals surface area contributed by atoms with Crippen molar-refractivity contribution >= 4 is 39.3 Å². The first-order chi connectivity index (χ1) is 14.0. The van der Waals surface area contributed by atoms with Crippen molar-refractivity contribution in [2.75, 3.05) is 5.43 Å². The Morgan fingerprint density at radius 2 is 2.07 bits per heavy atom. The molecule has 4 rings (SSSR count). The number of hydrazone groups is 1. The van der Waals surface area contributed by atoms with Gasteiger partial charge in [-0.1, -0.05) is 23.5 Å². The second-order valence-corrected chi connectivity index (χ2v) is 6.92. The zero-order valence-electron chi connectivity index (χ0n) is 14.6. The zero-order chi connectivity index (χ0) is 20.4. The Hall–Kier alpha value is -4.05. The quantitative estimate of drug-likeness (QED) is 0.221. The first-order valence-electron chi connectivity index (χ1n) is 8.27. The van der Waals surface area contributed by atoms with Gasteiger partial charge in [0.15, 0.2) is 0 Å². The third-order valence-corrected chi connectivity index (χ3v) is 4.93. The average Bonchev–Trinajstić information content (AvgIpc) is 3.17. The maximum atomic E-state index is 12.3. The number of benzene rings is 2. The largest absolute Gasteiger partial charge is 0.507 e. The second kappa shape index (κ2) is 7.52. The lowest BCUT2D eigenvalue weighted by Crippen LogP contribution is -2.01. The van der Waals surface area contributed by atoms with E-state index in [-0.39, 0.29) is 22.6 Å². The lowest BCUT2D eigenvalue weighted by Gasteiger charge is -2.00. The second-order valence-electron chi connectivity index (χ2n) is 5.89. The molecule has 0 aliphatic carbocycles. The first-order valence-corrected chi connectivity index (χ1v) is 9.08. The van der Waals surface area contributed by atoms with E-state index in [1.807, 2.05) is 0 Å². The zero-order valence-corrected chi connectivity index (χ0v) is 15.4. The summed E-state index contributed by atoms with van der Waals surface area (Å²) in [6.45, 7) is 0. The van der Waals surface area contributed by atoms with E-state index in [2.05, 4.69) is 15.5 Å². The van der Waals surface area contributed by atoms with Crippen LogP contribution in [0.25, 0.3) is 21.4 Å². The molecule has 0 amide bonds. The summed E-state index contributed by atoms with van der Waals surface area (Å²) in [7, 11) is 0. The van der Waals surface area contributed by atoms with Crippen molar-refractivity contribution in [2.24, 2.45) is 5.10 Å². The van der Waals surface area contributed by atoms with Crippen LogP contribution in [0.5, 0.6) is 5.75 Å². The number of non-ortho nitro benzene ring substituents is 1. The summed E-state index contributed by atoms with van der Waals surface area (Å²) in [4.78, 5) is 27.4. The van der Waals surface area contributed by atoms with Gasteiger partial charge in [-0.05, 0) is 24.3 Å². The number of rotatable bonds is 5. The number of phenolic OH excluding ortho intramolecular Hbond substituents is 1. The molecule has 4 aromatic rings. The Labute approximate surface area is 166 Å². The topological polar surface area (TPSA) is 131 Å². The van der Waals surface area contributed by atoms with Crippen LogP contribution < -0.4 is 11.1 Å². The highest BCUT2D eigenvalue weighted by molar-refractivity contribution is 7.18. The molecule has 2 N–H and O–H groups in total. The van der Waals surface area contributed by atoms with Crippen molar-refractivity contribution in [3.8, 4) is 16.2 Å². The summed E-state index contributed by atoms with van der Waals surface area (Å²) in [5.74, 6) is 0.0979.